The minimum Gasteiger partial charge on any atom is -0.0837 e. The predicted molar refractivity (Wildman–Crippen MR) is 71.5 cm³/mol. The molecule has 0 saturated heterocycles. The molecule has 0 aromatic heterocycles. The molecule has 78 valence electrons. The van der Waals surface area contributed by atoms with Gasteiger partial charge in [-0.1, -0.05) is 59.6 Å². The van der Waals surface area contributed by atoms with Crippen LogP contribution in [0.15, 0.2) is 48.5 Å². The van der Waals surface area contributed by atoms with Crippen molar-refractivity contribution in [3.8, 4) is 0 Å². The Hall–Kier alpha value is -1.24. The largest absolute Gasteiger partial charge is 0.0837 e. The van der Waals surface area contributed by atoms with Crippen molar-refractivity contribution in [3.05, 3.63) is 58.6 Å². The zero-order chi connectivity index (χ0) is 11.1. The monoisotopic (exact) mass is 246 g/mol. The van der Waals surface area contributed by atoms with Crippen molar-refractivity contribution >= 4 is 44.7 Å². The van der Waals surface area contributed by atoms with Crippen LogP contribution in [0.1, 0.15) is 0 Å². The van der Waals surface area contributed by atoms with Gasteiger partial charge in [-0.15, -0.1) is 0 Å². The highest BCUT2D eigenvalue weighted by Crippen LogP contribution is 2.32. The fraction of sp³-hybridized carbons (Fsp3) is 0. The highest BCUT2D eigenvalue weighted by molar-refractivity contribution is 6.38. The Morgan fingerprint density at radius 1 is 0.500 bits per heavy atom. The van der Waals surface area contributed by atoms with Gasteiger partial charge in [0.15, 0.2) is 0 Å². The molecule has 3 aromatic carbocycles. The molecule has 0 nitrogen and oxygen atoms in total. The van der Waals surface area contributed by atoms with Gasteiger partial charge >= 0.3 is 0 Å². The van der Waals surface area contributed by atoms with E-state index in [1.54, 1.807) is 0 Å². The average molecular weight is 247 g/mol. The van der Waals surface area contributed by atoms with Crippen molar-refractivity contribution in [3.63, 3.8) is 0 Å². The molecule has 0 radical (unpaired) electrons. The Morgan fingerprint density at radius 3 is 1.38 bits per heavy atom. The first-order valence-electron chi connectivity index (χ1n) is 5.03. The van der Waals surface area contributed by atoms with Gasteiger partial charge in [0.25, 0.3) is 0 Å². The fourth-order valence-electron chi connectivity index (χ4n) is 2.05. The molecular formula is C14H8Cl2. The normalized spacial score (nSPS) is 11.1. The standard InChI is InChI=1S/C14H8Cl2/c15-13-5-1-3-9-10-4-2-6-14(16)12(10)8-7-11(9)13/h1-8H. The van der Waals surface area contributed by atoms with E-state index in [9.17, 15) is 0 Å². The molecule has 2 heteroatoms. The first-order valence-corrected chi connectivity index (χ1v) is 5.78. The van der Waals surface area contributed by atoms with Crippen molar-refractivity contribution < 1.29 is 0 Å². The molecule has 0 fully saturated rings. The van der Waals surface area contributed by atoms with Crippen molar-refractivity contribution in [2.24, 2.45) is 0 Å². The zero-order valence-corrected chi connectivity index (χ0v) is 9.89. The summed E-state index contributed by atoms with van der Waals surface area (Å²) < 4.78 is 0. The van der Waals surface area contributed by atoms with Crippen LogP contribution in [0.5, 0.6) is 0 Å². The summed E-state index contributed by atoms with van der Waals surface area (Å²) in [6.07, 6.45) is 0. The minimum absolute atomic E-state index is 0.777. The van der Waals surface area contributed by atoms with Gasteiger partial charge < -0.3 is 0 Å². The number of halogens is 2. The van der Waals surface area contributed by atoms with Gasteiger partial charge in [0, 0.05) is 20.8 Å². The van der Waals surface area contributed by atoms with E-state index in [-0.39, 0.29) is 0 Å². The second-order valence-corrected chi connectivity index (χ2v) is 4.55. The Balaban J connectivity index is 2.60. The third-order valence-electron chi connectivity index (χ3n) is 2.81. The Morgan fingerprint density at radius 2 is 0.938 bits per heavy atom. The maximum Gasteiger partial charge on any atom is 0.0484 e. The van der Waals surface area contributed by atoms with Gasteiger partial charge in [0.05, 0.1) is 0 Å². The Kier molecular flexibility index (Phi) is 2.27. The molecular weight excluding hydrogens is 239 g/mol. The summed E-state index contributed by atoms with van der Waals surface area (Å²) in [6.45, 7) is 0. The summed E-state index contributed by atoms with van der Waals surface area (Å²) in [5, 5.41) is 5.98. The van der Waals surface area contributed by atoms with E-state index < -0.39 is 0 Å². The number of benzene rings is 3. The second kappa shape index (κ2) is 3.65. The summed E-state index contributed by atoms with van der Waals surface area (Å²) in [7, 11) is 0. The van der Waals surface area contributed by atoms with Crippen LogP contribution < -0.4 is 0 Å². The molecule has 0 unspecified atom stereocenters. The molecule has 3 rings (SSSR count). The lowest BCUT2D eigenvalue weighted by molar-refractivity contribution is 1.76. The molecule has 0 amide bonds. The van der Waals surface area contributed by atoms with Crippen molar-refractivity contribution in [1.29, 1.82) is 0 Å². The van der Waals surface area contributed by atoms with E-state index in [0.717, 1.165) is 31.6 Å². The number of hydrogen-bond donors (Lipinski definition) is 0. The van der Waals surface area contributed by atoms with E-state index >= 15 is 0 Å². The highest BCUT2D eigenvalue weighted by atomic mass is 35.5. The molecule has 0 aliphatic carbocycles. The summed E-state index contributed by atoms with van der Waals surface area (Å²) in [4.78, 5) is 0. The maximum absolute atomic E-state index is 6.16. The number of fused-ring (bicyclic) bond motifs is 3. The third-order valence-corrected chi connectivity index (χ3v) is 3.47. The van der Waals surface area contributed by atoms with Crippen LogP contribution in [0.3, 0.4) is 0 Å². The molecule has 0 saturated carbocycles. The lowest BCUT2D eigenvalue weighted by Crippen LogP contribution is -1.79. The molecule has 0 bridgehead atoms. The third kappa shape index (κ3) is 1.38. The van der Waals surface area contributed by atoms with Crippen LogP contribution in [0, 0.1) is 0 Å². The molecule has 16 heavy (non-hydrogen) atoms. The smallest absolute Gasteiger partial charge is 0.0484 e. The van der Waals surface area contributed by atoms with Gasteiger partial charge in [0.2, 0.25) is 0 Å². The van der Waals surface area contributed by atoms with E-state index in [1.165, 1.54) is 0 Å². The Bertz CT molecular complexity index is 626. The molecule has 3 aromatic rings. The van der Waals surface area contributed by atoms with Crippen molar-refractivity contribution in [2.75, 3.05) is 0 Å². The van der Waals surface area contributed by atoms with Crippen LogP contribution in [-0.4, -0.2) is 0 Å². The van der Waals surface area contributed by atoms with E-state index in [0.29, 0.717) is 0 Å². The quantitative estimate of drug-likeness (QED) is 0.473. The van der Waals surface area contributed by atoms with E-state index in [4.69, 9.17) is 23.2 Å². The second-order valence-electron chi connectivity index (χ2n) is 3.74. The molecule has 0 atom stereocenters. The van der Waals surface area contributed by atoms with Crippen LogP contribution in [-0.2, 0) is 0 Å². The topological polar surface area (TPSA) is 0 Å². The van der Waals surface area contributed by atoms with Crippen LogP contribution in [0.25, 0.3) is 21.5 Å². The van der Waals surface area contributed by atoms with Crippen LogP contribution in [0.2, 0.25) is 10.0 Å². The first-order chi connectivity index (χ1) is 7.77. The van der Waals surface area contributed by atoms with Crippen LogP contribution in [0.4, 0.5) is 0 Å². The molecule has 0 aliphatic heterocycles. The summed E-state index contributed by atoms with van der Waals surface area (Å²) in [5.41, 5.74) is 0. The molecule has 0 N–H and O–H groups in total. The first kappa shape index (κ1) is 9.95. The molecule has 0 aliphatic rings. The number of rotatable bonds is 0. The van der Waals surface area contributed by atoms with Crippen molar-refractivity contribution in [1.82, 2.24) is 0 Å². The highest BCUT2D eigenvalue weighted by Gasteiger charge is 2.04. The summed E-state index contributed by atoms with van der Waals surface area (Å²) in [5.74, 6) is 0. The van der Waals surface area contributed by atoms with Gasteiger partial charge in [-0.3, -0.25) is 0 Å². The minimum atomic E-state index is 0.777. The van der Waals surface area contributed by atoms with E-state index in [1.807, 2.05) is 36.4 Å². The maximum atomic E-state index is 6.16. The van der Waals surface area contributed by atoms with Gasteiger partial charge in [-0.2, -0.15) is 0 Å². The fourth-order valence-corrected chi connectivity index (χ4v) is 2.52. The summed E-state index contributed by atoms with van der Waals surface area (Å²) >= 11 is 12.3. The SMILES string of the molecule is Clc1cccc2c1ccc1c(Cl)cccc12. The van der Waals surface area contributed by atoms with Gasteiger partial charge in [0.1, 0.15) is 0 Å². The van der Waals surface area contributed by atoms with Crippen LogP contribution >= 0.6 is 23.2 Å². The zero-order valence-electron chi connectivity index (χ0n) is 8.37. The van der Waals surface area contributed by atoms with E-state index in [2.05, 4.69) is 12.1 Å². The van der Waals surface area contributed by atoms with Gasteiger partial charge in [-0.25, -0.2) is 0 Å². The molecule has 0 heterocycles. The van der Waals surface area contributed by atoms with Gasteiger partial charge in [-0.05, 0) is 22.9 Å². The van der Waals surface area contributed by atoms with Crippen molar-refractivity contribution in [2.45, 2.75) is 0 Å². The lowest BCUT2D eigenvalue weighted by Gasteiger charge is -2.06. The Labute approximate surface area is 103 Å². The predicted octanol–water partition coefficient (Wildman–Crippen LogP) is 5.30. The summed E-state index contributed by atoms with van der Waals surface area (Å²) in [6, 6.07) is 15.9. The number of hydrogen-bond acceptors (Lipinski definition) is 0. The molecule has 0 spiro atoms. The lowest BCUT2D eigenvalue weighted by atomic mass is 10.0. The average Bonchev–Trinajstić information content (AvgIpc) is 2.30.